The maximum atomic E-state index is 12.2. The lowest BCUT2D eigenvalue weighted by Gasteiger charge is -2.13. The number of aryl methyl sites for hydroxylation is 1. The van der Waals surface area contributed by atoms with Crippen LogP contribution in [0, 0.1) is 0 Å². The summed E-state index contributed by atoms with van der Waals surface area (Å²) < 4.78 is 28.6. The Labute approximate surface area is 107 Å². The maximum absolute atomic E-state index is 12.2. The molecular formula is C12H12F2O5. The highest BCUT2D eigenvalue weighted by Gasteiger charge is 2.18. The SMILES string of the molecule is O=CCCc1cc(C(O)C(=O)O)ccc1OC(F)F. The lowest BCUT2D eigenvalue weighted by Crippen LogP contribution is -2.12. The molecule has 0 amide bonds. The van der Waals surface area contributed by atoms with E-state index in [2.05, 4.69) is 4.74 Å². The van der Waals surface area contributed by atoms with Crippen LogP contribution in [-0.2, 0) is 16.0 Å². The minimum atomic E-state index is -3.02. The molecule has 0 spiro atoms. The van der Waals surface area contributed by atoms with E-state index in [9.17, 15) is 23.5 Å². The normalized spacial score (nSPS) is 12.2. The number of halogens is 2. The fourth-order valence-electron chi connectivity index (χ4n) is 1.53. The molecule has 0 aromatic heterocycles. The molecule has 0 fully saturated rings. The number of aldehydes is 1. The summed E-state index contributed by atoms with van der Waals surface area (Å²) in [7, 11) is 0. The van der Waals surface area contributed by atoms with Gasteiger partial charge in [0.15, 0.2) is 6.10 Å². The maximum Gasteiger partial charge on any atom is 0.387 e. The van der Waals surface area contributed by atoms with E-state index >= 15 is 0 Å². The molecule has 0 saturated heterocycles. The minimum Gasteiger partial charge on any atom is -0.479 e. The lowest BCUT2D eigenvalue weighted by molar-refractivity contribution is -0.147. The molecule has 1 atom stereocenters. The minimum absolute atomic E-state index is 0.0371. The molecule has 1 aromatic rings. The van der Waals surface area contributed by atoms with E-state index in [-0.39, 0.29) is 29.7 Å². The van der Waals surface area contributed by atoms with E-state index in [1.807, 2.05) is 0 Å². The number of ether oxygens (including phenoxy) is 1. The van der Waals surface area contributed by atoms with E-state index < -0.39 is 18.7 Å². The zero-order valence-electron chi connectivity index (χ0n) is 9.75. The summed E-state index contributed by atoms with van der Waals surface area (Å²) in [5.41, 5.74) is 0.278. The van der Waals surface area contributed by atoms with Crippen LogP contribution >= 0.6 is 0 Å². The number of carboxylic acids is 1. The fourth-order valence-corrected chi connectivity index (χ4v) is 1.53. The largest absolute Gasteiger partial charge is 0.479 e. The predicted molar refractivity (Wildman–Crippen MR) is 60.1 cm³/mol. The van der Waals surface area contributed by atoms with E-state index in [1.54, 1.807) is 0 Å². The molecule has 2 N–H and O–H groups in total. The predicted octanol–water partition coefficient (Wildman–Crippen LogP) is 1.54. The molecule has 0 aliphatic rings. The van der Waals surface area contributed by atoms with Gasteiger partial charge < -0.3 is 19.7 Å². The molecule has 5 nitrogen and oxygen atoms in total. The fraction of sp³-hybridized carbons (Fsp3) is 0.333. The Morgan fingerprint density at radius 2 is 2.11 bits per heavy atom. The van der Waals surface area contributed by atoms with Gasteiger partial charge in [0.05, 0.1) is 0 Å². The van der Waals surface area contributed by atoms with Gasteiger partial charge in [0.1, 0.15) is 12.0 Å². The van der Waals surface area contributed by atoms with Crippen LogP contribution in [0.15, 0.2) is 18.2 Å². The zero-order chi connectivity index (χ0) is 14.4. The van der Waals surface area contributed by atoms with Gasteiger partial charge in [-0.1, -0.05) is 6.07 Å². The highest BCUT2D eigenvalue weighted by molar-refractivity contribution is 5.74. The van der Waals surface area contributed by atoms with Gasteiger partial charge in [-0.25, -0.2) is 4.79 Å². The van der Waals surface area contributed by atoms with Crippen molar-refractivity contribution in [2.45, 2.75) is 25.6 Å². The number of hydrogen-bond acceptors (Lipinski definition) is 4. The van der Waals surface area contributed by atoms with Crippen molar-refractivity contribution in [2.75, 3.05) is 0 Å². The Morgan fingerprint density at radius 3 is 2.63 bits per heavy atom. The van der Waals surface area contributed by atoms with Gasteiger partial charge in [0, 0.05) is 6.42 Å². The van der Waals surface area contributed by atoms with Gasteiger partial charge >= 0.3 is 12.6 Å². The van der Waals surface area contributed by atoms with Crippen LogP contribution in [0.3, 0.4) is 0 Å². The number of carbonyl (C=O) groups excluding carboxylic acids is 1. The summed E-state index contributed by atoms with van der Waals surface area (Å²) in [6.07, 6.45) is -0.958. The van der Waals surface area contributed by atoms with Crippen LogP contribution in [0.2, 0.25) is 0 Å². The Balaban J connectivity index is 3.06. The van der Waals surface area contributed by atoms with Crippen LogP contribution in [0.1, 0.15) is 23.7 Å². The zero-order valence-corrected chi connectivity index (χ0v) is 9.75. The average molecular weight is 274 g/mol. The summed E-state index contributed by atoms with van der Waals surface area (Å²) in [6, 6.07) is 3.56. The number of aliphatic hydroxyl groups excluding tert-OH is 1. The first-order valence-corrected chi connectivity index (χ1v) is 5.38. The summed E-state index contributed by atoms with van der Waals surface area (Å²) in [5, 5.41) is 18.0. The molecule has 1 aromatic carbocycles. The van der Waals surface area contributed by atoms with E-state index in [4.69, 9.17) is 5.11 Å². The van der Waals surface area contributed by atoms with E-state index in [1.165, 1.54) is 12.1 Å². The number of aliphatic hydroxyl groups is 1. The molecule has 0 heterocycles. The average Bonchev–Trinajstić information content (AvgIpc) is 2.36. The smallest absolute Gasteiger partial charge is 0.387 e. The third kappa shape index (κ3) is 4.29. The third-order valence-corrected chi connectivity index (χ3v) is 2.38. The van der Waals surface area contributed by atoms with Crippen molar-refractivity contribution >= 4 is 12.3 Å². The van der Waals surface area contributed by atoms with Crippen molar-refractivity contribution in [1.82, 2.24) is 0 Å². The molecule has 0 bridgehead atoms. The molecule has 7 heteroatoms. The summed E-state index contributed by atoms with van der Waals surface area (Å²) in [4.78, 5) is 20.9. The Bertz CT molecular complexity index is 461. The molecule has 0 radical (unpaired) electrons. The number of carboxylic acid groups (broad SMARTS) is 1. The molecule has 1 unspecified atom stereocenters. The second-order valence-electron chi connectivity index (χ2n) is 3.69. The van der Waals surface area contributed by atoms with E-state index in [0.29, 0.717) is 6.29 Å². The summed E-state index contributed by atoms with van der Waals surface area (Å²) in [5.74, 6) is -1.60. The van der Waals surface area contributed by atoms with Gasteiger partial charge in [-0.15, -0.1) is 0 Å². The first-order valence-electron chi connectivity index (χ1n) is 5.38. The number of rotatable bonds is 7. The van der Waals surface area contributed by atoms with Gasteiger partial charge in [0.25, 0.3) is 0 Å². The number of aliphatic carboxylic acids is 1. The summed E-state index contributed by atoms with van der Waals surface area (Å²) in [6.45, 7) is -3.02. The monoisotopic (exact) mass is 274 g/mol. The van der Waals surface area contributed by atoms with Gasteiger partial charge in [-0.2, -0.15) is 8.78 Å². The topological polar surface area (TPSA) is 83.8 Å². The Morgan fingerprint density at radius 1 is 1.42 bits per heavy atom. The Kier molecular flexibility index (Phi) is 5.37. The standard InChI is InChI=1S/C12H12F2O5/c13-12(14)19-9-4-3-8(10(16)11(17)18)6-7(9)2-1-5-15/h3-6,10,12,16H,1-2H2,(H,17,18). The van der Waals surface area contributed by atoms with Crippen LogP contribution in [0.5, 0.6) is 5.75 Å². The van der Waals surface area contributed by atoms with Crippen molar-refractivity contribution in [3.05, 3.63) is 29.3 Å². The van der Waals surface area contributed by atoms with Crippen LogP contribution < -0.4 is 4.74 Å². The molecule has 19 heavy (non-hydrogen) atoms. The van der Waals surface area contributed by atoms with Crippen LogP contribution in [0.4, 0.5) is 8.78 Å². The second-order valence-corrected chi connectivity index (χ2v) is 3.69. The highest BCUT2D eigenvalue weighted by Crippen LogP contribution is 2.26. The first kappa shape index (κ1) is 15.0. The van der Waals surface area contributed by atoms with Crippen molar-refractivity contribution in [1.29, 1.82) is 0 Å². The van der Waals surface area contributed by atoms with Crippen molar-refractivity contribution in [3.63, 3.8) is 0 Å². The van der Waals surface area contributed by atoms with Crippen LogP contribution in [-0.4, -0.2) is 29.1 Å². The van der Waals surface area contributed by atoms with Crippen molar-refractivity contribution < 1.29 is 33.3 Å². The first-order chi connectivity index (χ1) is 8.95. The Hall–Kier alpha value is -2.02. The molecule has 0 aliphatic heterocycles. The third-order valence-electron chi connectivity index (χ3n) is 2.38. The van der Waals surface area contributed by atoms with Crippen LogP contribution in [0.25, 0.3) is 0 Å². The molecule has 0 aliphatic carbocycles. The van der Waals surface area contributed by atoms with E-state index in [0.717, 1.165) is 6.07 Å². The summed E-state index contributed by atoms with van der Waals surface area (Å²) >= 11 is 0. The number of carbonyl (C=O) groups is 2. The van der Waals surface area contributed by atoms with Crippen molar-refractivity contribution in [2.24, 2.45) is 0 Å². The lowest BCUT2D eigenvalue weighted by atomic mass is 10.0. The molecule has 1 rings (SSSR count). The van der Waals surface area contributed by atoms with Gasteiger partial charge in [0.2, 0.25) is 0 Å². The number of benzene rings is 1. The van der Waals surface area contributed by atoms with Gasteiger partial charge in [-0.3, -0.25) is 0 Å². The molecular weight excluding hydrogens is 262 g/mol. The highest BCUT2D eigenvalue weighted by atomic mass is 19.3. The number of hydrogen-bond donors (Lipinski definition) is 2. The molecule has 0 saturated carbocycles. The van der Waals surface area contributed by atoms with Crippen molar-refractivity contribution in [3.8, 4) is 5.75 Å². The van der Waals surface area contributed by atoms with Gasteiger partial charge in [-0.05, 0) is 29.7 Å². The molecule has 104 valence electrons. The second kappa shape index (κ2) is 6.79. The number of alkyl halides is 2. The quantitative estimate of drug-likeness (QED) is 0.737.